The zero-order valence-electron chi connectivity index (χ0n) is 10.7. The van der Waals surface area contributed by atoms with E-state index in [0.29, 0.717) is 0 Å². The van der Waals surface area contributed by atoms with Crippen LogP contribution in [0.2, 0.25) is 0 Å². The van der Waals surface area contributed by atoms with Gasteiger partial charge >= 0.3 is 0 Å². The molecular formula is C14H15Br2N3S. The second-order valence-corrected chi connectivity index (χ2v) is 7.27. The summed E-state index contributed by atoms with van der Waals surface area (Å²) in [6.07, 6.45) is 4.51. The van der Waals surface area contributed by atoms with E-state index in [9.17, 15) is 0 Å². The van der Waals surface area contributed by atoms with Gasteiger partial charge in [-0.3, -0.25) is 16.3 Å². The quantitative estimate of drug-likeness (QED) is 0.427. The highest BCUT2D eigenvalue weighted by molar-refractivity contribution is 9.10. The average molecular weight is 417 g/mol. The number of nitrogens with one attached hydrogen (secondary N) is 1. The SMILES string of the molecule is NNC(CSc1cccc(Br)c1)Cc1cncc(Br)c1. The van der Waals surface area contributed by atoms with Gasteiger partial charge in [-0.05, 0) is 52.2 Å². The van der Waals surface area contributed by atoms with Crippen molar-refractivity contribution in [3.05, 3.63) is 57.2 Å². The molecule has 2 aromatic rings. The van der Waals surface area contributed by atoms with Crippen LogP contribution in [0.4, 0.5) is 0 Å². The third kappa shape index (κ3) is 5.18. The molecule has 1 aromatic heterocycles. The Morgan fingerprint density at radius 3 is 2.75 bits per heavy atom. The third-order valence-electron chi connectivity index (χ3n) is 2.73. The fraction of sp³-hybridized carbons (Fsp3) is 0.214. The molecule has 1 aromatic carbocycles. The number of hydrogen-bond donors (Lipinski definition) is 2. The van der Waals surface area contributed by atoms with Crippen molar-refractivity contribution in [3.63, 3.8) is 0 Å². The molecule has 0 radical (unpaired) electrons. The van der Waals surface area contributed by atoms with E-state index >= 15 is 0 Å². The number of hydrogen-bond acceptors (Lipinski definition) is 4. The molecule has 2 rings (SSSR count). The lowest BCUT2D eigenvalue weighted by Gasteiger charge is -2.15. The Morgan fingerprint density at radius 2 is 2.05 bits per heavy atom. The molecule has 0 aliphatic heterocycles. The summed E-state index contributed by atoms with van der Waals surface area (Å²) in [6, 6.07) is 10.5. The predicted octanol–water partition coefficient (Wildman–Crippen LogP) is 3.77. The standard InChI is InChI=1S/C14H15Br2N3S/c15-11-2-1-3-14(6-11)20-9-13(19-17)5-10-4-12(16)8-18-7-10/h1-4,6-8,13,19H,5,9,17H2. The van der Waals surface area contributed by atoms with Crippen molar-refractivity contribution in [3.8, 4) is 0 Å². The lowest BCUT2D eigenvalue weighted by Crippen LogP contribution is -2.38. The maximum absolute atomic E-state index is 5.65. The van der Waals surface area contributed by atoms with Gasteiger partial charge in [-0.15, -0.1) is 11.8 Å². The van der Waals surface area contributed by atoms with E-state index in [1.807, 2.05) is 18.3 Å². The number of hydrazine groups is 1. The van der Waals surface area contributed by atoms with Crippen LogP contribution in [0.15, 0.2) is 56.6 Å². The van der Waals surface area contributed by atoms with Gasteiger partial charge in [-0.2, -0.15) is 0 Å². The summed E-state index contributed by atoms with van der Waals surface area (Å²) in [5.74, 6) is 6.55. The van der Waals surface area contributed by atoms with E-state index in [0.717, 1.165) is 26.7 Å². The average Bonchev–Trinajstić information content (AvgIpc) is 2.43. The smallest absolute Gasteiger partial charge is 0.0410 e. The number of thioether (sulfide) groups is 1. The first-order valence-electron chi connectivity index (χ1n) is 6.11. The Morgan fingerprint density at radius 1 is 1.20 bits per heavy atom. The Hall–Kier alpha value is -0.400. The third-order valence-corrected chi connectivity index (χ3v) is 4.81. The molecule has 0 fully saturated rings. The highest BCUT2D eigenvalue weighted by atomic mass is 79.9. The molecule has 0 aliphatic carbocycles. The maximum atomic E-state index is 5.65. The highest BCUT2D eigenvalue weighted by Crippen LogP contribution is 2.23. The predicted molar refractivity (Wildman–Crippen MR) is 91.6 cm³/mol. The summed E-state index contributed by atoms with van der Waals surface area (Å²) in [7, 11) is 0. The van der Waals surface area contributed by atoms with Crippen LogP contribution in [0.25, 0.3) is 0 Å². The molecule has 1 atom stereocenters. The van der Waals surface area contributed by atoms with Gasteiger partial charge in [0.15, 0.2) is 0 Å². The van der Waals surface area contributed by atoms with Crippen molar-refractivity contribution < 1.29 is 0 Å². The fourth-order valence-electron chi connectivity index (χ4n) is 1.77. The molecule has 1 heterocycles. The number of pyridine rings is 1. The molecule has 0 saturated heterocycles. The summed E-state index contributed by atoms with van der Waals surface area (Å²) >= 11 is 8.70. The molecule has 0 bridgehead atoms. The number of nitrogens with zero attached hydrogens (tertiary/aromatic N) is 1. The van der Waals surface area contributed by atoms with E-state index in [1.54, 1.807) is 18.0 Å². The van der Waals surface area contributed by atoms with Crippen molar-refractivity contribution in [1.29, 1.82) is 0 Å². The van der Waals surface area contributed by atoms with Crippen LogP contribution in [0.1, 0.15) is 5.56 Å². The summed E-state index contributed by atoms with van der Waals surface area (Å²) in [6.45, 7) is 0. The maximum Gasteiger partial charge on any atom is 0.0410 e. The first kappa shape index (κ1) is 16.0. The Labute approximate surface area is 140 Å². The second kappa shape index (κ2) is 8.14. The number of halogens is 2. The van der Waals surface area contributed by atoms with Crippen molar-refractivity contribution in [2.24, 2.45) is 5.84 Å². The van der Waals surface area contributed by atoms with Crippen molar-refractivity contribution in [2.75, 3.05) is 5.75 Å². The van der Waals surface area contributed by atoms with Crippen LogP contribution >= 0.6 is 43.6 Å². The molecular weight excluding hydrogens is 402 g/mol. The van der Waals surface area contributed by atoms with Gasteiger partial charge in [0.05, 0.1) is 0 Å². The van der Waals surface area contributed by atoms with Gasteiger partial charge in [0.2, 0.25) is 0 Å². The summed E-state index contributed by atoms with van der Waals surface area (Å²) in [4.78, 5) is 5.40. The molecule has 20 heavy (non-hydrogen) atoms. The van der Waals surface area contributed by atoms with E-state index < -0.39 is 0 Å². The number of rotatable bonds is 6. The first-order chi connectivity index (χ1) is 9.67. The van der Waals surface area contributed by atoms with Gasteiger partial charge in [0.1, 0.15) is 0 Å². The molecule has 0 aliphatic rings. The van der Waals surface area contributed by atoms with Crippen molar-refractivity contribution in [2.45, 2.75) is 17.4 Å². The Balaban J connectivity index is 1.92. The van der Waals surface area contributed by atoms with Crippen LogP contribution in [0.5, 0.6) is 0 Å². The molecule has 106 valence electrons. The normalized spacial score (nSPS) is 12.3. The summed E-state index contributed by atoms with van der Waals surface area (Å²) in [5, 5.41) is 0. The monoisotopic (exact) mass is 415 g/mol. The second-order valence-electron chi connectivity index (χ2n) is 4.35. The Kier molecular flexibility index (Phi) is 6.51. The fourth-order valence-corrected chi connectivity index (χ4v) is 3.73. The number of aromatic nitrogens is 1. The first-order valence-corrected chi connectivity index (χ1v) is 8.68. The van der Waals surface area contributed by atoms with Crippen LogP contribution in [0, 0.1) is 0 Å². The molecule has 0 saturated carbocycles. The minimum atomic E-state index is 0.204. The van der Waals surface area contributed by atoms with E-state index in [-0.39, 0.29) is 6.04 Å². The highest BCUT2D eigenvalue weighted by Gasteiger charge is 2.09. The van der Waals surface area contributed by atoms with Crippen molar-refractivity contribution in [1.82, 2.24) is 10.4 Å². The van der Waals surface area contributed by atoms with E-state index in [2.05, 4.69) is 60.5 Å². The van der Waals surface area contributed by atoms with Crippen molar-refractivity contribution >= 4 is 43.6 Å². The number of benzene rings is 1. The van der Waals surface area contributed by atoms with Crippen LogP contribution in [0.3, 0.4) is 0 Å². The van der Waals surface area contributed by atoms with Gasteiger partial charge in [0, 0.05) is 38.0 Å². The van der Waals surface area contributed by atoms with Crippen LogP contribution in [-0.2, 0) is 6.42 Å². The van der Waals surface area contributed by atoms with Gasteiger partial charge in [-0.1, -0.05) is 22.0 Å². The molecule has 0 amide bonds. The molecule has 0 spiro atoms. The lowest BCUT2D eigenvalue weighted by atomic mass is 10.1. The van der Waals surface area contributed by atoms with E-state index in [1.165, 1.54) is 4.90 Å². The van der Waals surface area contributed by atoms with E-state index in [4.69, 9.17) is 5.84 Å². The summed E-state index contributed by atoms with van der Waals surface area (Å²) in [5.41, 5.74) is 4.04. The zero-order valence-corrected chi connectivity index (χ0v) is 14.7. The summed E-state index contributed by atoms with van der Waals surface area (Å²) < 4.78 is 2.08. The zero-order chi connectivity index (χ0) is 14.4. The minimum absolute atomic E-state index is 0.204. The lowest BCUT2D eigenvalue weighted by molar-refractivity contribution is 0.574. The molecule has 3 nitrogen and oxygen atoms in total. The van der Waals surface area contributed by atoms with Crippen LogP contribution < -0.4 is 11.3 Å². The minimum Gasteiger partial charge on any atom is -0.271 e. The van der Waals surface area contributed by atoms with Gasteiger partial charge in [-0.25, -0.2) is 0 Å². The Bertz CT molecular complexity index is 566. The van der Waals surface area contributed by atoms with Gasteiger partial charge in [0.25, 0.3) is 0 Å². The molecule has 6 heteroatoms. The largest absolute Gasteiger partial charge is 0.271 e. The van der Waals surface area contributed by atoms with Gasteiger partial charge < -0.3 is 0 Å². The molecule has 3 N–H and O–H groups in total. The number of nitrogens with two attached hydrogens (primary N) is 1. The van der Waals surface area contributed by atoms with Crippen LogP contribution in [-0.4, -0.2) is 16.8 Å². The molecule has 1 unspecified atom stereocenters. The topological polar surface area (TPSA) is 50.9 Å².